The number of nitrogens with two attached hydrogens (primary N) is 1. The van der Waals surface area contributed by atoms with Crippen LogP contribution in [0.5, 0.6) is 0 Å². The molecule has 5 rings (SSSR count). The number of benzene rings is 1. The number of nitrogen functional groups attached to an aromatic ring is 1. The second-order valence-electron chi connectivity index (χ2n) is 8.41. The number of carbonyl (C=O) groups excluding carboxylic acids is 2. The van der Waals surface area contributed by atoms with Crippen LogP contribution in [0.15, 0.2) is 61.1 Å². The van der Waals surface area contributed by atoms with Gasteiger partial charge in [-0.1, -0.05) is 31.0 Å². The van der Waals surface area contributed by atoms with Gasteiger partial charge in [-0.05, 0) is 43.0 Å². The molecule has 36 heavy (non-hydrogen) atoms. The Kier molecular flexibility index (Phi) is 6.33. The first-order chi connectivity index (χ1) is 17.6. The van der Waals surface area contributed by atoms with Gasteiger partial charge in [0, 0.05) is 42.7 Å². The van der Waals surface area contributed by atoms with E-state index in [9.17, 15) is 9.59 Å². The Morgan fingerprint density at radius 3 is 2.72 bits per heavy atom. The molecule has 9 heteroatoms. The highest BCUT2D eigenvalue weighted by atomic mass is 16.2. The fraction of sp³-hybridized carbons (Fsp3) is 0.222. The summed E-state index contributed by atoms with van der Waals surface area (Å²) in [4.78, 5) is 40.5. The minimum atomic E-state index is -0.259. The molecule has 0 radical (unpaired) electrons. The van der Waals surface area contributed by atoms with E-state index in [4.69, 9.17) is 10.7 Å². The first-order valence-corrected chi connectivity index (χ1v) is 11.8. The zero-order chi connectivity index (χ0) is 25.1. The maximum Gasteiger partial charge on any atom is 0.299 e. The molecule has 0 unspecified atom stereocenters. The van der Waals surface area contributed by atoms with E-state index in [1.165, 1.54) is 0 Å². The number of fused-ring (bicyclic) bond motifs is 1. The summed E-state index contributed by atoms with van der Waals surface area (Å²) in [5, 5.41) is 2.78. The molecule has 3 aromatic heterocycles. The van der Waals surface area contributed by atoms with Crippen molar-refractivity contribution in [3.8, 4) is 23.1 Å². The van der Waals surface area contributed by atoms with Crippen LogP contribution in [-0.2, 0) is 4.79 Å². The van der Waals surface area contributed by atoms with Gasteiger partial charge < -0.3 is 16.0 Å². The van der Waals surface area contributed by atoms with Crippen LogP contribution in [-0.4, -0.2) is 42.6 Å². The highest BCUT2D eigenvalue weighted by molar-refractivity contribution is 6.04. The maximum absolute atomic E-state index is 12.7. The predicted molar refractivity (Wildman–Crippen MR) is 137 cm³/mol. The number of pyridine rings is 1. The van der Waals surface area contributed by atoms with Crippen molar-refractivity contribution in [3.05, 3.63) is 72.4 Å². The fourth-order valence-electron chi connectivity index (χ4n) is 4.44. The van der Waals surface area contributed by atoms with Crippen molar-refractivity contribution in [2.75, 3.05) is 17.6 Å². The van der Waals surface area contributed by atoms with Crippen molar-refractivity contribution in [2.45, 2.75) is 32.2 Å². The van der Waals surface area contributed by atoms with E-state index in [1.807, 2.05) is 29.7 Å². The van der Waals surface area contributed by atoms with Gasteiger partial charge in [0.15, 0.2) is 0 Å². The Labute approximate surface area is 208 Å². The highest BCUT2D eigenvalue weighted by Gasteiger charge is 2.33. The molecule has 2 amide bonds. The second kappa shape index (κ2) is 9.88. The maximum atomic E-state index is 12.7. The Hall–Kier alpha value is -4.71. The van der Waals surface area contributed by atoms with E-state index in [1.54, 1.807) is 47.6 Å². The SMILES string of the molecule is CCC#CC(=O)N1CCC[C@H]1c1nc(-c2ccc(C(=O)Nc3ccccn3)cc2)c2c(N)nccn12. The van der Waals surface area contributed by atoms with Crippen molar-refractivity contribution in [2.24, 2.45) is 0 Å². The molecule has 0 bridgehead atoms. The van der Waals surface area contributed by atoms with Gasteiger partial charge in [-0.2, -0.15) is 0 Å². The molecule has 0 aliphatic carbocycles. The van der Waals surface area contributed by atoms with Crippen molar-refractivity contribution in [1.82, 2.24) is 24.3 Å². The minimum absolute atomic E-state index is 0.192. The molecule has 1 fully saturated rings. The van der Waals surface area contributed by atoms with Gasteiger partial charge in [-0.25, -0.2) is 15.0 Å². The van der Waals surface area contributed by atoms with E-state index >= 15 is 0 Å². The first-order valence-electron chi connectivity index (χ1n) is 11.8. The van der Waals surface area contributed by atoms with E-state index in [2.05, 4.69) is 27.1 Å². The summed E-state index contributed by atoms with van der Waals surface area (Å²) in [5.74, 6) is 6.68. The topological polar surface area (TPSA) is 119 Å². The van der Waals surface area contributed by atoms with Crippen molar-refractivity contribution in [1.29, 1.82) is 0 Å². The second-order valence-corrected chi connectivity index (χ2v) is 8.41. The Balaban J connectivity index is 1.49. The van der Waals surface area contributed by atoms with Crippen LogP contribution >= 0.6 is 0 Å². The molecule has 9 nitrogen and oxygen atoms in total. The van der Waals surface area contributed by atoms with E-state index in [-0.39, 0.29) is 17.9 Å². The molecule has 4 heterocycles. The number of hydrogen-bond acceptors (Lipinski definition) is 6. The predicted octanol–water partition coefficient (Wildman–Crippen LogP) is 3.70. The number of imidazole rings is 1. The lowest BCUT2D eigenvalue weighted by Crippen LogP contribution is -2.30. The highest BCUT2D eigenvalue weighted by Crippen LogP contribution is 2.36. The third-order valence-corrected chi connectivity index (χ3v) is 6.12. The lowest BCUT2D eigenvalue weighted by atomic mass is 10.1. The van der Waals surface area contributed by atoms with Crippen molar-refractivity contribution < 1.29 is 9.59 Å². The number of hydrogen-bond donors (Lipinski definition) is 2. The van der Waals surface area contributed by atoms with Crippen LogP contribution in [0.2, 0.25) is 0 Å². The van der Waals surface area contributed by atoms with E-state index in [0.29, 0.717) is 41.4 Å². The lowest BCUT2D eigenvalue weighted by Gasteiger charge is -2.21. The summed E-state index contributed by atoms with van der Waals surface area (Å²) < 4.78 is 1.91. The minimum Gasteiger partial charge on any atom is -0.382 e. The summed E-state index contributed by atoms with van der Waals surface area (Å²) in [6, 6.07) is 12.2. The van der Waals surface area contributed by atoms with Gasteiger partial charge in [0.25, 0.3) is 11.8 Å². The van der Waals surface area contributed by atoms with E-state index in [0.717, 1.165) is 24.2 Å². The molecule has 4 aromatic rings. The number of nitrogens with zero attached hydrogens (tertiary/aromatic N) is 5. The lowest BCUT2D eigenvalue weighted by molar-refractivity contribution is -0.126. The number of amides is 2. The summed E-state index contributed by atoms with van der Waals surface area (Å²) in [6.07, 6.45) is 7.33. The van der Waals surface area contributed by atoms with Gasteiger partial charge in [-0.3, -0.25) is 14.0 Å². The smallest absolute Gasteiger partial charge is 0.299 e. The van der Waals surface area contributed by atoms with Gasteiger partial charge in [0.05, 0.1) is 6.04 Å². The molecule has 180 valence electrons. The van der Waals surface area contributed by atoms with Crippen LogP contribution in [0.1, 0.15) is 48.4 Å². The number of anilines is 2. The van der Waals surface area contributed by atoms with Crippen molar-refractivity contribution in [3.63, 3.8) is 0 Å². The van der Waals surface area contributed by atoms with Crippen LogP contribution < -0.4 is 11.1 Å². The molecule has 1 aliphatic heterocycles. The Morgan fingerprint density at radius 2 is 1.97 bits per heavy atom. The normalized spacial score (nSPS) is 14.9. The molecule has 1 aromatic carbocycles. The quantitative estimate of drug-likeness (QED) is 0.431. The average Bonchev–Trinajstić information content (AvgIpc) is 3.54. The van der Waals surface area contributed by atoms with Gasteiger partial charge in [0.1, 0.15) is 28.7 Å². The molecule has 1 saturated heterocycles. The van der Waals surface area contributed by atoms with Gasteiger partial charge in [-0.15, -0.1) is 0 Å². The Morgan fingerprint density at radius 1 is 1.14 bits per heavy atom. The van der Waals surface area contributed by atoms with Crippen LogP contribution in [0.3, 0.4) is 0 Å². The summed E-state index contributed by atoms with van der Waals surface area (Å²) in [6.45, 7) is 2.55. The molecule has 1 atom stereocenters. The fourth-order valence-corrected chi connectivity index (χ4v) is 4.44. The third kappa shape index (κ3) is 4.36. The molecular weight excluding hydrogens is 454 g/mol. The largest absolute Gasteiger partial charge is 0.382 e. The first kappa shape index (κ1) is 23.1. The van der Waals surface area contributed by atoms with Crippen LogP contribution in [0.25, 0.3) is 16.8 Å². The standard InChI is InChI=1S/C27H25N7O2/c1-2-3-9-22(35)33-16-6-7-20(33)26-32-23(24-25(28)30-15-17-34(24)26)18-10-12-19(13-11-18)27(36)31-21-8-4-5-14-29-21/h4-5,8,10-15,17,20H,2,6-7,16H2,1H3,(H2,28,30)(H,29,31,36)/t20-/m0/s1. The average molecular weight is 480 g/mol. The third-order valence-electron chi connectivity index (χ3n) is 6.12. The number of likely N-dealkylation sites (tertiary alicyclic amines) is 1. The molecule has 0 spiro atoms. The number of carbonyl (C=O) groups is 2. The zero-order valence-corrected chi connectivity index (χ0v) is 19.8. The summed E-state index contributed by atoms with van der Waals surface area (Å²) in [7, 11) is 0. The summed E-state index contributed by atoms with van der Waals surface area (Å²) >= 11 is 0. The number of rotatable bonds is 4. The summed E-state index contributed by atoms with van der Waals surface area (Å²) in [5.41, 5.74) is 8.87. The molecular formula is C27H25N7O2. The molecule has 0 saturated carbocycles. The van der Waals surface area contributed by atoms with Crippen LogP contribution in [0, 0.1) is 11.8 Å². The van der Waals surface area contributed by atoms with Crippen LogP contribution in [0.4, 0.5) is 11.6 Å². The number of nitrogens with one attached hydrogen (secondary N) is 1. The monoisotopic (exact) mass is 479 g/mol. The molecule has 3 N–H and O–H groups in total. The zero-order valence-electron chi connectivity index (χ0n) is 19.8. The van der Waals surface area contributed by atoms with Gasteiger partial charge >= 0.3 is 0 Å². The Bertz CT molecular complexity index is 1480. The van der Waals surface area contributed by atoms with Gasteiger partial charge in [0.2, 0.25) is 0 Å². The number of aromatic nitrogens is 4. The molecule has 1 aliphatic rings. The van der Waals surface area contributed by atoms with Crippen molar-refractivity contribution >= 4 is 29.0 Å². The van der Waals surface area contributed by atoms with E-state index < -0.39 is 0 Å².